The summed E-state index contributed by atoms with van der Waals surface area (Å²) in [5.41, 5.74) is 3.38. The van der Waals surface area contributed by atoms with Crippen LogP contribution in [-0.4, -0.2) is 16.7 Å². The Morgan fingerprint density at radius 1 is 1.69 bits per heavy atom. The van der Waals surface area contributed by atoms with Crippen molar-refractivity contribution in [2.75, 3.05) is 6.54 Å². The number of hydrogen-bond acceptors (Lipinski definition) is 3. The molecule has 1 aliphatic rings. The van der Waals surface area contributed by atoms with Crippen LogP contribution in [0.3, 0.4) is 0 Å². The summed E-state index contributed by atoms with van der Waals surface area (Å²) >= 11 is 0. The smallest absolute Gasteiger partial charge is 0.273 e. The molecule has 0 saturated heterocycles. The number of aromatic nitrogens is 2. The molecule has 1 aromatic rings. The van der Waals surface area contributed by atoms with Crippen LogP contribution in [0.2, 0.25) is 0 Å². The summed E-state index contributed by atoms with van der Waals surface area (Å²) in [5, 5.41) is 9.44. The second kappa shape index (κ2) is 4.23. The van der Waals surface area contributed by atoms with Crippen molar-refractivity contribution < 1.29 is 0 Å². The fourth-order valence-corrected chi connectivity index (χ4v) is 1.55. The topological polar surface area (TPSA) is 57.8 Å². The summed E-state index contributed by atoms with van der Waals surface area (Å²) in [6.45, 7) is 2.27. The summed E-state index contributed by atoms with van der Waals surface area (Å²) in [4.78, 5) is 11.7. The zero-order chi connectivity index (χ0) is 11.5. The van der Waals surface area contributed by atoms with Gasteiger partial charge in [-0.25, -0.2) is 5.10 Å². The van der Waals surface area contributed by atoms with E-state index in [1.165, 1.54) is 5.57 Å². The Labute approximate surface area is 93.8 Å². The second-order valence-electron chi connectivity index (χ2n) is 3.79. The molecule has 1 heterocycles. The average molecular weight is 215 g/mol. The highest BCUT2D eigenvalue weighted by Gasteiger charge is 2.20. The van der Waals surface area contributed by atoms with Gasteiger partial charge in [-0.1, -0.05) is 5.92 Å². The minimum absolute atomic E-state index is 0.176. The van der Waals surface area contributed by atoms with Crippen molar-refractivity contribution in [2.45, 2.75) is 19.8 Å². The lowest BCUT2D eigenvalue weighted by atomic mass is 10.2. The van der Waals surface area contributed by atoms with E-state index in [9.17, 15) is 4.79 Å². The molecule has 0 bridgehead atoms. The van der Waals surface area contributed by atoms with E-state index in [0.717, 1.165) is 24.2 Å². The van der Waals surface area contributed by atoms with Gasteiger partial charge < -0.3 is 5.32 Å². The lowest BCUT2D eigenvalue weighted by Crippen LogP contribution is -2.21. The summed E-state index contributed by atoms with van der Waals surface area (Å²) < 4.78 is 0. The standard InChI is InChI=1S/C12H13N3O/c1-3-6-13-11(9-4-5-9)10-7-8(2)14-15-12(10)16/h1,7,13H,4-6H2,2H3,(H,15,16). The molecule has 0 radical (unpaired) electrons. The van der Waals surface area contributed by atoms with E-state index < -0.39 is 0 Å². The lowest BCUT2D eigenvalue weighted by molar-refractivity contribution is 0.925. The van der Waals surface area contributed by atoms with Crippen LogP contribution in [0.15, 0.2) is 16.4 Å². The van der Waals surface area contributed by atoms with Gasteiger partial charge >= 0.3 is 0 Å². The zero-order valence-electron chi connectivity index (χ0n) is 9.13. The Morgan fingerprint density at radius 2 is 2.44 bits per heavy atom. The summed E-state index contributed by atoms with van der Waals surface area (Å²) in [6, 6.07) is 1.78. The molecule has 2 N–H and O–H groups in total. The molecule has 16 heavy (non-hydrogen) atoms. The number of rotatable bonds is 3. The third kappa shape index (κ3) is 2.14. The predicted molar refractivity (Wildman–Crippen MR) is 62.6 cm³/mol. The minimum Gasteiger partial charge on any atom is -0.374 e. The van der Waals surface area contributed by atoms with E-state index in [1.807, 2.05) is 6.92 Å². The molecule has 1 fully saturated rings. The second-order valence-corrected chi connectivity index (χ2v) is 3.79. The average Bonchev–Trinajstić information content (AvgIpc) is 3.08. The fourth-order valence-electron chi connectivity index (χ4n) is 1.55. The molecule has 1 aliphatic carbocycles. The lowest BCUT2D eigenvalue weighted by Gasteiger charge is -2.07. The molecular weight excluding hydrogens is 202 g/mol. The van der Waals surface area contributed by atoms with Crippen LogP contribution >= 0.6 is 0 Å². The fraction of sp³-hybridized carbons (Fsp3) is 0.333. The minimum atomic E-state index is -0.176. The molecule has 4 heteroatoms. The maximum atomic E-state index is 11.7. The first kappa shape index (κ1) is 10.5. The van der Waals surface area contributed by atoms with Crippen molar-refractivity contribution in [1.29, 1.82) is 0 Å². The Hall–Kier alpha value is -2.02. The van der Waals surface area contributed by atoms with Gasteiger partial charge in [-0.3, -0.25) is 4.79 Å². The monoisotopic (exact) mass is 215 g/mol. The first-order chi connectivity index (χ1) is 7.72. The molecule has 0 aromatic carbocycles. The van der Waals surface area contributed by atoms with Gasteiger partial charge in [0.1, 0.15) is 0 Å². The van der Waals surface area contributed by atoms with E-state index in [0.29, 0.717) is 12.1 Å². The molecule has 1 saturated carbocycles. The molecule has 0 spiro atoms. The Morgan fingerprint density at radius 3 is 3.06 bits per heavy atom. The van der Waals surface area contributed by atoms with Gasteiger partial charge in [-0.05, 0) is 31.4 Å². The van der Waals surface area contributed by atoms with Crippen molar-refractivity contribution in [1.82, 2.24) is 15.5 Å². The molecular formula is C12H13N3O. The van der Waals surface area contributed by atoms with E-state index in [1.54, 1.807) is 6.07 Å². The van der Waals surface area contributed by atoms with Gasteiger partial charge in [0.25, 0.3) is 5.56 Å². The van der Waals surface area contributed by atoms with Gasteiger partial charge in [0, 0.05) is 5.70 Å². The quantitative estimate of drug-likeness (QED) is 0.733. The van der Waals surface area contributed by atoms with Crippen LogP contribution < -0.4 is 10.9 Å². The van der Waals surface area contributed by atoms with E-state index in [2.05, 4.69) is 21.4 Å². The Balaban J connectivity index is 2.41. The van der Waals surface area contributed by atoms with Crippen molar-refractivity contribution >= 4 is 5.70 Å². The predicted octanol–water partition coefficient (Wildman–Crippen LogP) is 0.806. The van der Waals surface area contributed by atoms with Crippen molar-refractivity contribution in [3.8, 4) is 12.3 Å². The molecule has 2 rings (SSSR count). The van der Waals surface area contributed by atoms with E-state index in [-0.39, 0.29) is 5.56 Å². The SMILES string of the molecule is C#CCNC(=C1CC1)c1cc(C)n[nH]c1=O. The number of H-pyrrole nitrogens is 1. The summed E-state index contributed by atoms with van der Waals surface area (Å²) in [7, 11) is 0. The highest BCUT2D eigenvalue weighted by Crippen LogP contribution is 2.33. The molecule has 82 valence electrons. The molecule has 0 unspecified atom stereocenters. The van der Waals surface area contributed by atoms with Gasteiger partial charge in [0.05, 0.1) is 17.8 Å². The van der Waals surface area contributed by atoms with Crippen molar-refractivity contribution in [2.24, 2.45) is 0 Å². The van der Waals surface area contributed by atoms with E-state index in [4.69, 9.17) is 6.42 Å². The largest absolute Gasteiger partial charge is 0.374 e. The normalized spacial score (nSPS) is 13.1. The van der Waals surface area contributed by atoms with Gasteiger partial charge in [0.2, 0.25) is 0 Å². The Kier molecular flexibility index (Phi) is 2.78. The van der Waals surface area contributed by atoms with Crippen LogP contribution in [-0.2, 0) is 0 Å². The Bertz CT molecular complexity index is 528. The van der Waals surface area contributed by atoms with Gasteiger partial charge in [0.15, 0.2) is 0 Å². The number of terminal acetylenes is 1. The maximum absolute atomic E-state index is 11.7. The highest BCUT2D eigenvalue weighted by molar-refractivity contribution is 5.69. The molecule has 0 atom stereocenters. The first-order valence-corrected chi connectivity index (χ1v) is 5.18. The number of nitrogens with zero attached hydrogens (tertiary/aromatic N) is 1. The van der Waals surface area contributed by atoms with Crippen LogP contribution in [0.1, 0.15) is 24.1 Å². The summed E-state index contributed by atoms with van der Waals surface area (Å²) in [6.07, 6.45) is 7.28. The molecule has 0 aliphatic heterocycles. The van der Waals surface area contributed by atoms with Crippen LogP contribution in [0, 0.1) is 19.3 Å². The molecule has 1 aromatic heterocycles. The van der Waals surface area contributed by atoms with Crippen LogP contribution in [0.4, 0.5) is 0 Å². The third-order valence-electron chi connectivity index (χ3n) is 2.42. The maximum Gasteiger partial charge on any atom is 0.273 e. The van der Waals surface area contributed by atoms with Gasteiger partial charge in [-0.15, -0.1) is 6.42 Å². The summed E-state index contributed by atoms with van der Waals surface area (Å²) in [5.74, 6) is 2.51. The van der Waals surface area contributed by atoms with E-state index >= 15 is 0 Å². The van der Waals surface area contributed by atoms with Crippen molar-refractivity contribution in [3.63, 3.8) is 0 Å². The third-order valence-corrected chi connectivity index (χ3v) is 2.42. The van der Waals surface area contributed by atoms with Gasteiger partial charge in [-0.2, -0.15) is 5.10 Å². The highest BCUT2D eigenvalue weighted by atomic mass is 16.1. The number of allylic oxidation sites excluding steroid dienone is 1. The molecule has 4 nitrogen and oxygen atoms in total. The van der Waals surface area contributed by atoms with Crippen LogP contribution in [0.5, 0.6) is 0 Å². The molecule has 0 amide bonds. The van der Waals surface area contributed by atoms with Crippen LogP contribution in [0.25, 0.3) is 5.70 Å². The van der Waals surface area contributed by atoms with Crippen molar-refractivity contribution in [3.05, 3.63) is 33.3 Å². The zero-order valence-corrected chi connectivity index (χ0v) is 9.13. The number of nitrogens with one attached hydrogen (secondary N) is 2. The number of aryl methyl sites for hydroxylation is 1. The number of hydrogen-bond donors (Lipinski definition) is 2. The first-order valence-electron chi connectivity index (χ1n) is 5.18. The number of aromatic amines is 1.